The Hall–Kier alpha value is -1.46. The van der Waals surface area contributed by atoms with Crippen molar-refractivity contribution in [3.8, 4) is 17.2 Å². The summed E-state index contributed by atoms with van der Waals surface area (Å²) >= 11 is 0. The Bertz CT molecular complexity index is 327. The molecule has 5 N–H and O–H groups in total. The smallest absolute Gasteiger partial charge is 0.200 e. The molecule has 1 rings (SSSR count). The maximum atomic E-state index is 9.30. The lowest BCUT2D eigenvalue weighted by molar-refractivity contribution is 0.267. The van der Waals surface area contributed by atoms with Crippen LogP contribution in [0.2, 0.25) is 0 Å². The summed E-state index contributed by atoms with van der Waals surface area (Å²) in [6.07, 6.45) is 0. The molecule has 0 aliphatic heterocycles. The third-order valence-corrected chi connectivity index (χ3v) is 1.92. The van der Waals surface area contributed by atoms with Gasteiger partial charge in [0.25, 0.3) is 0 Å². The quantitative estimate of drug-likeness (QED) is 0.518. The normalized spacial score (nSPS) is 12.5. The maximum absolute atomic E-state index is 9.30. The van der Waals surface area contributed by atoms with Crippen molar-refractivity contribution in [2.45, 2.75) is 6.04 Å². The van der Waals surface area contributed by atoms with Crippen molar-refractivity contribution in [1.82, 2.24) is 0 Å². The van der Waals surface area contributed by atoms with E-state index in [1.54, 1.807) is 0 Å². The number of hydrogen-bond donors (Lipinski definition) is 4. The van der Waals surface area contributed by atoms with Crippen molar-refractivity contribution in [3.63, 3.8) is 0 Å². The highest BCUT2D eigenvalue weighted by Crippen LogP contribution is 2.37. The molecule has 0 spiro atoms. The Morgan fingerprint density at radius 1 is 1.43 bits per heavy atom. The highest BCUT2D eigenvalue weighted by atomic mass is 16.5. The molecule has 1 aromatic carbocycles. The minimum atomic E-state index is -0.601. The van der Waals surface area contributed by atoms with Crippen LogP contribution in [0.1, 0.15) is 11.6 Å². The minimum Gasteiger partial charge on any atom is -0.504 e. The van der Waals surface area contributed by atoms with Crippen LogP contribution >= 0.6 is 0 Å². The van der Waals surface area contributed by atoms with Gasteiger partial charge in [-0.3, -0.25) is 0 Å². The standard InChI is InChI=1S/C9H13NO4/c1-14-8-3-5(6(10)4-11)2-7(12)9(8)13/h2-3,6,11-13H,4,10H2,1H3. The van der Waals surface area contributed by atoms with Gasteiger partial charge in [0.05, 0.1) is 19.8 Å². The molecule has 0 aromatic heterocycles. The molecule has 0 fully saturated rings. The lowest BCUT2D eigenvalue weighted by Gasteiger charge is -2.12. The van der Waals surface area contributed by atoms with Crippen molar-refractivity contribution in [3.05, 3.63) is 17.7 Å². The summed E-state index contributed by atoms with van der Waals surface area (Å²) in [6.45, 7) is -0.243. The number of aromatic hydroxyl groups is 2. The van der Waals surface area contributed by atoms with Gasteiger partial charge in [0.2, 0.25) is 5.75 Å². The first-order valence-corrected chi connectivity index (χ1v) is 4.06. The summed E-state index contributed by atoms with van der Waals surface area (Å²) in [5, 5.41) is 27.4. The highest BCUT2D eigenvalue weighted by molar-refractivity contribution is 5.52. The molecule has 1 unspecified atom stereocenters. The lowest BCUT2D eigenvalue weighted by atomic mass is 10.1. The van der Waals surface area contributed by atoms with E-state index in [0.717, 1.165) is 0 Å². The van der Waals surface area contributed by atoms with E-state index >= 15 is 0 Å². The Kier molecular flexibility index (Phi) is 3.16. The number of rotatable bonds is 3. The topological polar surface area (TPSA) is 95.9 Å². The van der Waals surface area contributed by atoms with Crippen LogP contribution in [0.4, 0.5) is 0 Å². The molecule has 0 radical (unpaired) electrons. The van der Waals surface area contributed by atoms with E-state index in [1.807, 2.05) is 0 Å². The highest BCUT2D eigenvalue weighted by Gasteiger charge is 2.13. The zero-order chi connectivity index (χ0) is 10.7. The predicted octanol–water partition coefficient (Wildman–Crippen LogP) is 0.0985. The maximum Gasteiger partial charge on any atom is 0.200 e. The number of methoxy groups -OCH3 is 1. The van der Waals surface area contributed by atoms with E-state index < -0.39 is 6.04 Å². The Morgan fingerprint density at radius 3 is 2.57 bits per heavy atom. The molecule has 0 aliphatic rings. The predicted molar refractivity (Wildman–Crippen MR) is 50.3 cm³/mol. The lowest BCUT2D eigenvalue weighted by Crippen LogP contribution is -2.14. The van der Waals surface area contributed by atoms with E-state index in [2.05, 4.69) is 0 Å². The molecular weight excluding hydrogens is 186 g/mol. The SMILES string of the molecule is COc1cc(C(N)CO)cc(O)c1O. The number of phenols is 2. The first kappa shape index (κ1) is 10.6. The van der Waals surface area contributed by atoms with Crippen LogP contribution in [0.25, 0.3) is 0 Å². The van der Waals surface area contributed by atoms with Crippen LogP contribution in [0.3, 0.4) is 0 Å². The minimum absolute atomic E-state index is 0.129. The van der Waals surface area contributed by atoms with Gasteiger partial charge in [-0.1, -0.05) is 0 Å². The molecule has 0 saturated carbocycles. The summed E-state index contributed by atoms with van der Waals surface area (Å²) in [5.41, 5.74) is 6.04. The number of ether oxygens (including phenoxy) is 1. The number of phenolic OH excluding ortho intramolecular Hbond substituents is 2. The second kappa shape index (κ2) is 4.17. The van der Waals surface area contributed by atoms with Gasteiger partial charge in [0, 0.05) is 0 Å². The summed E-state index contributed by atoms with van der Waals surface area (Å²) in [7, 11) is 1.36. The van der Waals surface area contributed by atoms with Crippen molar-refractivity contribution in [2.75, 3.05) is 13.7 Å². The van der Waals surface area contributed by atoms with Gasteiger partial charge in [-0.15, -0.1) is 0 Å². The van der Waals surface area contributed by atoms with Gasteiger partial charge >= 0.3 is 0 Å². The molecule has 14 heavy (non-hydrogen) atoms. The first-order chi connectivity index (χ1) is 6.60. The second-order valence-electron chi connectivity index (χ2n) is 2.88. The second-order valence-corrected chi connectivity index (χ2v) is 2.88. The third-order valence-electron chi connectivity index (χ3n) is 1.92. The Morgan fingerprint density at radius 2 is 2.07 bits per heavy atom. The monoisotopic (exact) mass is 199 g/mol. The summed E-state index contributed by atoms with van der Waals surface area (Å²) < 4.78 is 4.81. The first-order valence-electron chi connectivity index (χ1n) is 4.06. The van der Waals surface area contributed by atoms with Gasteiger partial charge in [-0.05, 0) is 17.7 Å². The fourth-order valence-corrected chi connectivity index (χ4v) is 1.09. The molecule has 5 heteroatoms. The Balaban J connectivity index is 3.16. The molecule has 0 amide bonds. The van der Waals surface area contributed by atoms with E-state index in [-0.39, 0.29) is 23.9 Å². The molecular formula is C9H13NO4. The number of nitrogens with two attached hydrogens (primary N) is 1. The molecule has 1 atom stereocenters. The zero-order valence-corrected chi connectivity index (χ0v) is 7.77. The summed E-state index contributed by atoms with van der Waals surface area (Å²) in [6, 6.07) is 2.16. The molecule has 5 nitrogen and oxygen atoms in total. The van der Waals surface area contributed by atoms with E-state index in [4.69, 9.17) is 15.6 Å². The van der Waals surface area contributed by atoms with Crippen LogP contribution in [-0.2, 0) is 0 Å². The fraction of sp³-hybridized carbons (Fsp3) is 0.333. The van der Waals surface area contributed by atoms with Gasteiger partial charge in [0.15, 0.2) is 11.5 Å². The van der Waals surface area contributed by atoms with Crippen LogP contribution < -0.4 is 10.5 Å². The van der Waals surface area contributed by atoms with Gasteiger partial charge in [-0.25, -0.2) is 0 Å². The third kappa shape index (κ3) is 1.89. The molecule has 0 aliphatic carbocycles. The van der Waals surface area contributed by atoms with Crippen molar-refractivity contribution >= 4 is 0 Å². The fourth-order valence-electron chi connectivity index (χ4n) is 1.09. The van der Waals surface area contributed by atoms with E-state index in [9.17, 15) is 10.2 Å². The van der Waals surface area contributed by atoms with Crippen molar-refractivity contribution in [2.24, 2.45) is 5.73 Å². The van der Waals surface area contributed by atoms with Crippen LogP contribution in [0.15, 0.2) is 12.1 Å². The van der Waals surface area contributed by atoms with Crippen LogP contribution in [-0.4, -0.2) is 29.0 Å². The number of aliphatic hydroxyl groups is 1. The molecule has 0 bridgehead atoms. The zero-order valence-electron chi connectivity index (χ0n) is 7.77. The van der Waals surface area contributed by atoms with Crippen molar-refractivity contribution in [1.29, 1.82) is 0 Å². The largest absolute Gasteiger partial charge is 0.504 e. The van der Waals surface area contributed by atoms with Crippen LogP contribution in [0, 0.1) is 0 Å². The van der Waals surface area contributed by atoms with Gasteiger partial charge in [0.1, 0.15) is 0 Å². The summed E-state index contributed by atoms with van der Waals surface area (Å²) in [5.74, 6) is -0.520. The average Bonchev–Trinajstić information content (AvgIpc) is 2.20. The van der Waals surface area contributed by atoms with Gasteiger partial charge < -0.3 is 25.8 Å². The number of aliphatic hydroxyl groups excluding tert-OH is 1. The van der Waals surface area contributed by atoms with Crippen LogP contribution in [0.5, 0.6) is 17.2 Å². The van der Waals surface area contributed by atoms with Crippen molar-refractivity contribution < 1.29 is 20.1 Å². The molecule has 78 valence electrons. The Labute approximate surface area is 81.4 Å². The number of hydrogen-bond acceptors (Lipinski definition) is 5. The van der Waals surface area contributed by atoms with E-state index in [1.165, 1.54) is 19.2 Å². The van der Waals surface area contributed by atoms with E-state index in [0.29, 0.717) is 5.56 Å². The number of benzene rings is 1. The summed E-state index contributed by atoms with van der Waals surface area (Å²) in [4.78, 5) is 0. The van der Waals surface area contributed by atoms with Gasteiger partial charge in [-0.2, -0.15) is 0 Å². The molecule has 0 saturated heterocycles. The molecule has 0 heterocycles. The average molecular weight is 199 g/mol. The molecule has 1 aromatic rings.